The Morgan fingerprint density at radius 1 is 1.36 bits per heavy atom. The van der Waals surface area contributed by atoms with Crippen LogP contribution in [0.5, 0.6) is 0 Å². The van der Waals surface area contributed by atoms with Crippen molar-refractivity contribution in [2.45, 2.75) is 33.1 Å². The smallest absolute Gasteiger partial charge is 0.309 e. The lowest BCUT2D eigenvalue weighted by Crippen LogP contribution is -2.43. The Kier molecular flexibility index (Phi) is 2.83. The molecule has 3 atom stereocenters. The summed E-state index contributed by atoms with van der Waals surface area (Å²) in [6.45, 7) is 3.38. The molecule has 1 rings (SSSR count). The second-order valence-electron chi connectivity index (χ2n) is 4.35. The van der Waals surface area contributed by atoms with Crippen molar-refractivity contribution in [3.63, 3.8) is 0 Å². The van der Waals surface area contributed by atoms with Crippen LogP contribution in [0.25, 0.3) is 0 Å². The summed E-state index contributed by atoms with van der Waals surface area (Å²) < 4.78 is 0. The maximum Gasteiger partial charge on any atom is 0.309 e. The van der Waals surface area contributed by atoms with E-state index in [0.717, 1.165) is 0 Å². The van der Waals surface area contributed by atoms with E-state index >= 15 is 0 Å². The Balaban J connectivity index is 2.90. The van der Waals surface area contributed by atoms with Crippen molar-refractivity contribution in [2.24, 2.45) is 17.3 Å². The van der Waals surface area contributed by atoms with Gasteiger partial charge in [0, 0.05) is 0 Å². The molecule has 0 saturated heterocycles. The number of aliphatic carboxylic acids is 2. The van der Waals surface area contributed by atoms with Crippen molar-refractivity contribution in [1.82, 2.24) is 0 Å². The number of carboxylic acid groups (broad SMARTS) is 2. The summed E-state index contributed by atoms with van der Waals surface area (Å²) in [5, 5.41) is 18.0. The highest BCUT2D eigenvalue weighted by Gasteiger charge is 2.47. The quantitative estimate of drug-likeness (QED) is 0.710. The van der Waals surface area contributed by atoms with Crippen LogP contribution >= 0.6 is 0 Å². The summed E-state index contributed by atoms with van der Waals surface area (Å²) in [5.41, 5.74) is -0.874. The van der Waals surface area contributed by atoms with E-state index < -0.39 is 23.3 Å². The zero-order chi connectivity index (χ0) is 10.9. The van der Waals surface area contributed by atoms with Gasteiger partial charge in [-0.25, -0.2) is 0 Å². The highest BCUT2D eigenvalue weighted by Crippen LogP contribution is 2.44. The second-order valence-corrected chi connectivity index (χ2v) is 4.35. The maximum absolute atomic E-state index is 11.1. The van der Waals surface area contributed by atoms with E-state index in [1.165, 1.54) is 0 Å². The monoisotopic (exact) mass is 200 g/mol. The second kappa shape index (κ2) is 3.59. The normalized spacial score (nSPS) is 37.9. The Morgan fingerprint density at radius 2 is 1.93 bits per heavy atom. The van der Waals surface area contributed by atoms with Crippen LogP contribution in [0.3, 0.4) is 0 Å². The number of hydrogen-bond acceptors (Lipinski definition) is 2. The molecule has 3 unspecified atom stereocenters. The van der Waals surface area contributed by atoms with Crippen LogP contribution in [0.4, 0.5) is 0 Å². The molecule has 0 radical (unpaired) electrons. The van der Waals surface area contributed by atoms with Gasteiger partial charge < -0.3 is 10.2 Å². The molecular weight excluding hydrogens is 184 g/mol. The third-order valence-electron chi connectivity index (χ3n) is 3.63. The zero-order valence-corrected chi connectivity index (χ0v) is 8.49. The Bertz CT molecular complexity index is 261. The molecule has 0 amide bonds. The molecule has 4 heteroatoms. The maximum atomic E-state index is 11.1. The predicted octanol–water partition coefficient (Wildman–Crippen LogP) is 1.60. The van der Waals surface area contributed by atoms with E-state index in [-0.39, 0.29) is 5.92 Å². The summed E-state index contributed by atoms with van der Waals surface area (Å²) in [5.74, 6) is -2.56. The summed E-state index contributed by atoms with van der Waals surface area (Å²) in [6.07, 6.45) is 1.86. The molecule has 0 aliphatic heterocycles. The van der Waals surface area contributed by atoms with Gasteiger partial charge in [0.25, 0.3) is 0 Å². The minimum absolute atomic E-state index is 0.300. The first-order chi connectivity index (χ1) is 6.39. The van der Waals surface area contributed by atoms with Crippen LogP contribution in [-0.4, -0.2) is 22.2 Å². The fourth-order valence-corrected chi connectivity index (χ4v) is 2.25. The molecule has 4 nitrogen and oxygen atoms in total. The van der Waals surface area contributed by atoms with Gasteiger partial charge in [-0.05, 0) is 25.7 Å². The van der Waals surface area contributed by atoms with E-state index in [9.17, 15) is 9.59 Å². The van der Waals surface area contributed by atoms with Crippen molar-refractivity contribution in [2.75, 3.05) is 0 Å². The largest absolute Gasteiger partial charge is 0.481 e. The van der Waals surface area contributed by atoms with E-state index in [1.54, 1.807) is 13.8 Å². The highest BCUT2D eigenvalue weighted by molar-refractivity contribution is 5.77. The van der Waals surface area contributed by atoms with Crippen LogP contribution in [-0.2, 0) is 9.59 Å². The molecule has 0 aromatic heterocycles. The van der Waals surface area contributed by atoms with Gasteiger partial charge in [0.05, 0.1) is 11.3 Å². The molecule has 1 fully saturated rings. The van der Waals surface area contributed by atoms with E-state index in [4.69, 9.17) is 10.2 Å². The minimum Gasteiger partial charge on any atom is -0.481 e. The van der Waals surface area contributed by atoms with Gasteiger partial charge in [-0.1, -0.05) is 13.3 Å². The third kappa shape index (κ3) is 1.61. The molecule has 14 heavy (non-hydrogen) atoms. The average Bonchev–Trinajstić information content (AvgIpc) is 2.09. The Morgan fingerprint density at radius 3 is 2.36 bits per heavy atom. The van der Waals surface area contributed by atoms with Crippen LogP contribution in [0.1, 0.15) is 33.1 Å². The molecule has 1 aliphatic rings. The van der Waals surface area contributed by atoms with Crippen molar-refractivity contribution >= 4 is 11.9 Å². The Hall–Kier alpha value is -1.06. The summed E-state index contributed by atoms with van der Waals surface area (Å²) in [4.78, 5) is 21.9. The standard InChI is InChI=1S/C10H16O4/c1-6-7(8(11)12)4-3-5-10(6,2)9(13)14/h6-7H,3-5H2,1-2H3,(H,11,12)(H,13,14). The fourth-order valence-electron chi connectivity index (χ4n) is 2.25. The predicted molar refractivity (Wildman–Crippen MR) is 49.9 cm³/mol. The van der Waals surface area contributed by atoms with E-state index in [1.807, 2.05) is 0 Å². The molecule has 0 heterocycles. The summed E-state index contributed by atoms with van der Waals surface area (Å²) in [7, 11) is 0. The molecule has 1 saturated carbocycles. The number of rotatable bonds is 2. The molecule has 0 spiro atoms. The minimum atomic E-state index is -0.879. The molecule has 2 N–H and O–H groups in total. The zero-order valence-electron chi connectivity index (χ0n) is 8.49. The SMILES string of the molecule is CC1C(C(=O)O)CCCC1(C)C(=O)O. The van der Waals surface area contributed by atoms with E-state index in [0.29, 0.717) is 19.3 Å². The molecule has 0 aromatic carbocycles. The molecule has 0 bridgehead atoms. The molecule has 1 aliphatic carbocycles. The van der Waals surface area contributed by atoms with Crippen molar-refractivity contribution in [3.05, 3.63) is 0 Å². The molecule has 0 aromatic rings. The first kappa shape index (κ1) is 11.0. The van der Waals surface area contributed by atoms with Crippen LogP contribution in [0.2, 0.25) is 0 Å². The van der Waals surface area contributed by atoms with Gasteiger partial charge in [-0.3, -0.25) is 9.59 Å². The van der Waals surface area contributed by atoms with Gasteiger partial charge >= 0.3 is 11.9 Å². The number of carboxylic acids is 2. The van der Waals surface area contributed by atoms with Crippen molar-refractivity contribution in [3.8, 4) is 0 Å². The number of hydrogen-bond donors (Lipinski definition) is 2. The van der Waals surface area contributed by atoms with Gasteiger partial charge in [0.15, 0.2) is 0 Å². The lowest BCUT2D eigenvalue weighted by Gasteiger charge is -2.39. The van der Waals surface area contributed by atoms with Gasteiger partial charge in [-0.2, -0.15) is 0 Å². The summed E-state index contributed by atoms with van der Waals surface area (Å²) in [6, 6.07) is 0. The lowest BCUT2D eigenvalue weighted by molar-refractivity contribution is -0.160. The lowest BCUT2D eigenvalue weighted by atomic mass is 9.63. The first-order valence-corrected chi connectivity index (χ1v) is 4.86. The topological polar surface area (TPSA) is 74.6 Å². The highest BCUT2D eigenvalue weighted by atomic mass is 16.4. The Labute approximate surface area is 82.9 Å². The van der Waals surface area contributed by atoms with Crippen molar-refractivity contribution < 1.29 is 19.8 Å². The van der Waals surface area contributed by atoms with Gasteiger partial charge in [0.1, 0.15) is 0 Å². The molecular formula is C10H16O4. The third-order valence-corrected chi connectivity index (χ3v) is 3.63. The summed E-state index contributed by atoms with van der Waals surface area (Å²) >= 11 is 0. The van der Waals surface area contributed by atoms with Crippen LogP contribution < -0.4 is 0 Å². The van der Waals surface area contributed by atoms with Crippen LogP contribution in [0, 0.1) is 17.3 Å². The van der Waals surface area contributed by atoms with E-state index in [2.05, 4.69) is 0 Å². The van der Waals surface area contributed by atoms with Crippen LogP contribution in [0.15, 0.2) is 0 Å². The first-order valence-electron chi connectivity index (χ1n) is 4.86. The average molecular weight is 200 g/mol. The fraction of sp³-hybridized carbons (Fsp3) is 0.800. The van der Waals surface area contributed by atoms with Gasteiger partial charge in [-0.15, -0.1) is 0 Å². The number of carbonyl (C=O) groups is 2. The van der Waals surface area contributed by atoms with Gasteiger partial charge in [0.2, 0.25) is 0 Å². The van der Waals surface area contributed by atoms with Crippen molar-refractivity contribution in [1.29, 1.82) is 0 Å². The molecule has 80 valence electrons.